The van der Waals surface area contributed by atoms with Crippen molar-refractivity contribution in [2.75, 3.05) is 15.1 Å². The molecule has 0 saturated heterocycles. The van der Waals surface area contributed by atoms with Crippen LogP contribution in [0.1, 0.15) is 74.9 Å². The molecule has 1 N–H and O–H groups in total. The Balaban J connectivity index is 0.000000140. The van der Waals surface area contributed by atoms with Gasteiger partial charge in [-0.3, -0.25) is 49.7 Å². The number of benzene rings is 8. The second kappa shape index (κ2) is 19.6. The molecule has 17 rings (SSSR count). The lowest BCUT2D eigenvalue weighted by atomic mass is 9.73. The highest BCUT2D eigenvalue weighted by atomic mass is 19.2. The van der Waals surface area contributed by atoms with E-state index in [0.29, 0.717) is 66.8 Å². The minimum atomic E-state index is -1.28. The van der Waals surface area contributed by atoms with Gasteiger partial charge in [0.25, 0.3) is 11.9 Å². The fraction of sp³-hybridized carbons (Fsp3) is 0.130. The van der Waals surface area contributed by atoms with E-state index in [2.05, 4.69) is 232 Å². The van der Waals surface area contributed by atoms with Gasteiger partial charge in [0.05, 0.1) is 22.7 Å². The van der Waals surface area contributed by atoms with Crippen LogP contribution in [0.25, 0.3) is 66.2 Å². The molecule has 15 nitrogen and oxygen atoms in total. The van der Waals surface area contributed by atoms with Gasteiger partial charge in [0.1, 0.15) is 66.2 Å². The molecule has 0 saturated carbocycles. The lowest BCUT2D eigenvalue weighted by molar-refractivity contribution is 0.459. The van der Waals surface area contributed by atoms with Crippen molar-refractivity contribution in [1.82, 2.24) is 59.8 Å². The summed E-state index contributed by atoms with van der Waals surface area (Å²) >= 11 is 0. The smallest absolute Gasteiger partial charge is 0.269 e. The average Bonchev–Trinajstić information content (AvgIpc) is 0.960. The van der Waals surface area contributed by atoms with E-state index in [4.69, 9.17) is 29.9 Å². The number of halogens is 2. The van der Waals surface area contributed by atoms with Crippen molar-refractivity contribution in [3.63, 3.8) is 0 Å². The fourth-order valence-electron chi connectivity index (χ4n) is 12.9. The van der Waals surface area contributed by atoms with E-state index in [1.165, 1.54) is 69.5 Å². The van der Waals surface area contributed by atoms with Crippen LogP contribution < -0.4 is 15.1 Å². The first-order valence-corrected chi connectivity index (χ1v) is 28.2. The second-order valence-corrected chi connectivity index (χ2v) is 22.9. The van der Waals surface area contributed by atoms with Crippen molar-refractivity contribution in [2.24, 2.45) is 0 Å². The summed E-state index contributed by atoms with van der Waals surface area (Å²) < 4.78 is 26.7. The third-order valence-electron chi connectivity index (χ3n) is 17.0. The molecule has 0 spiro atoms. The molecular weight excluding hydrogens is 1080 g/mol. The molecule has 17 heteroatoms. The number of anilines is 8. The maximum atomic E-state index is 13.3. The van der Waals surface area contributed by atoms with Crippen LogP contribution in [0.4, 0.5) is 54.5 Å². The molecule has 6 aromatic heterocycles. The van der Waals surface area contributed by atoms with E-state index in [-0.39, 0.29) is 27.3 Å². The van der Waals surface area contributed by atoms with E-state index in [9.17, 15) is 8.78 Å². The molecule has 0 radical (unpaired) electrons. The van der Waals surface area contributed by atoms with E-state index in [1.54, 1.807) is 24.8 Å². The SMILES string of the molecule is CC1(C)c2ccccc2N(c2nc3c4nccnc4c4nccnc4c3nc2N2c3ccccc3C(C)(C)c3ccccc32)c2ccccc21.CC1(C)c2ccccc2Nc2ccccc21.Fc1nc2c3nccnc3c3nccnc3c2nc1F. The maximum Gasteiger partial charge on any atom is 0.269 e. The summed E-state index contributed by atoms with van der Waals surface area (Å²) in [6, 6.07) is 51.6. The van der Waals surface area contributed by atoms with Crippen LogP contribution in [0.3, 0.4) is 0 Å². The van der Waals surface area contributed by atoms with Gasteiger partial charge in [-0.15, -0.1) is 0 Å². The van der Waals surface area contributed by atoms with Crippen molar-refractivity contribution in [2.45, 2.75) is 57.8 Å². The molecule has 0 amide bonds. The van der Waals surface area contributed by atoms with Crippen LogP contribution in [-0.4, -0.2) is 59.8 Å². The Morgan fingerprint density at radius 2 is 0.500 bits per heavy atom. The average molecular weight is 1130 g/mol. The number of aromatic nitrogens is 12. The molecule has 3 aliphatic heterocycles. The Kier molecular flexibility index (Phi) is 11.8. The van der Waals surface area contributed by atoms with E-state index in [0.717, 1.165) is 22.7 Å². The molecule has 3 aliphatic rings. The minimum Gasteiger partial charge on any atom is -0.355 e. The van der Waals surface area contributed by atoms with Crippen LogP contribution in [0.5, 0.6) is 0 Å². The fourth-order valence-corrected chi connectivity index (χ4v) is 12.9. The van der Waals surface area contributed by atoms with E-state index >= 15 is 0 Å². The molecular formula is C69H51F2N15. The van der Waals surface area contributed by atoms with E-state index < -0.39 is 11.9 Å². The van der Waals surface area contributed by atoms with Gasteiger partial charge in [-0.25, -0.2) is 19.9 Å². The van der Waals surface area contributed by atoms with Gasteiger partial charge in [0.2, 0.25) is 0 Å². The summed E-state index contributed by atoms with van der Waals surface area (Å²) in [6.07, 6.45) is 12.6. The summed E-state index contributed by atoms with van der Waals surface area (Å²) in [7, 11) is 0. The van der Waals surface area contributed by atoms with Gasteiger partial charge in [0.15, 0.2) is 11.6 Å². The van der Waals surface area contributed by atoms with Crippen molar-refractivity contribution in [3.05, 3.63) is 240 Å². The number of nitrogens with zero attached hydrogens (tertiary/aromatic N) is 14. The third-order valence-corrected chi connectivity index (χ3v) is 17.0. The number of fused-ring (bicyclic) bond motifs is 18. The molecule has 0 unspecified atom stereocenters. The van der Waals surface area contributed by atoms with Gasteiger partial charge in [-0.05, 0) is 69.8 Å². The van der Waals surface area contributed by atoms with Crippen molar-refractivity contribution < 1.29 is 8.78 Å². The number of hydrogen-bond donors (Lipinski definition) is 1. The lowest BCUT2D eigenvalue weighted by Crippen LogP contribution is -2.34. The zero-order valence-electron chi connectivity index (χ0n) is 47.5. The molecule has 0 fully saturated rings. The monoisotopic (exact) mass is 1130 g/mol. The highest BCUT2D eigenvalue weighted by Crippen LogP contribution is 2.57. The van der Waals surface area contributed by atoms with Crippen molar-refractivity contribution >= 4 is 112 Å². The second-order valence-electron chi connectivity index (χ2n) is 22.9. The molecule has 86 heavy (non-hydrogen) atoms. The van der Waals surface area contributed by atoms with Crippen molar-refractivity contribution in [1.29, 1.82) is 0 Å². The molecule has 9 heterocycles. The Hall–Kier alpha value is -10.9. The molecule has 0 aliphatic carbocycles. The Labute approximate surface area is 491 Å². The normalized spacial score (nSPS) is 14.6. The predicted octanol–water partition coefficient (Wildman–Crippen LogP) is 15.6. The largest absolute Gasteiger partial charge is 0.355 e. The van der Waals surface area contributed by atoms with Gasteiger partial charge in [-0.2, -0.15) is 8.78 Å². The minimum absolute atomic E-state index is 0.0818. The summed E-state index contributed by atoms with van der Waals surface area (Å²) in [5, 5.41) is 3.50. The Bertz CT molecular complexity index is 4700. The highest BCUT2D eigenvalue weighted by Gasteiger charge is 2.42. The maximum absolute atomic E-state index is 13.3. The number of hydrogen-bond acceptors (Lipinski definition) is 15. The van der Waals surface area contributed by atoms with Gasteiger partial charge in [-0.1, -0.05) is 151 Å². The number of rotatable bonds is 2. The van der Waals surface area contributed by atoms with Gasteiger partial charge in [0, 0.05) is 77.2 Å². The lowest BCUT2D eigenvalue weighted by Gasteiger charge is -2.44. The first-order chi connectivity index (χ1) is 41.8. The molecule has 0 atom stereocenters. The summed E-state index contributed by atoms with van der Waals surface area (Å²) in [5.41, 5.74) is 19.3. The first kappa shape index (κ1) is 51.9. The van der Waals surface area contributed by atoms with Crippen LogP contribution in [-0.2, 0) is 16.2 Å². The van der Waals surface area contributed by atoms with Crippen LogP contribution >= 0.6 is 0 Å². The first-order valence-electron chi connectivity index (χ1n) is 28.2. The zero-order chi connectivity index (χ0) is 58.6. The summed E-state index contributed by atoms with van der Waals surface area (Å²) in [4.78, 5) is 58.6. The Morgan fingerprint density at radius 1 is 0.279 bits per heavy atom. The zero-order valence-corrected chi connectivity index (χ0v) is 47.5. The number of para-hydroxylation sites is 6. The molecule has 0 bridgehead atoms. The van der Waals surface area contributed by atoms with Crippen LogP contribution in [0.15, 0.2) is 195 Å². The molecule has 14 aromatic rings. The molecule has 8 aromatic carbocycles. The standard InChI is InChI=1S/C42H32N8.C15H15N.C12H4F2N6/c1-41(2)25-13-5-9-17-29(25)49(30-18-10-6-14-26(30)41)39-40(50-31-19-11-7-15-27(31)42(3,4)28-16-8-12-20-32(28)50)48-38-36-34(44-22-24-46-36)33-35(37(38)47-39)45-23-21-43-33;1-15(2)11-7-3-5-9-13(11)16-14-10-6-4-8-12(14)15;13-11-12(14)20-10-8-6(16-2-4-18-8)5-7(9(10)19-11)17-3-1-15-5/h5-24H,1-4H3;3-10,16H,1-2H3;1-4H. The van der Waals surface area contributed by atoms with Gasteiger partial charge >= 0.3 is 0 Å². The molecule has 416 valence electrons. The van der Waals surface area contributed by atoms with Gasteiger partial charge < -0.3 is 5.32 Å². The summed E-state index contributed by atoms with van der Waals surface area (Å²) in [5.74, 6) is -1.19. The van der Waals surface area contributed by atoms with E-state index in [1.807, 2.05) is 0 Å². The van der Waals surface area contributed by atoms with Crippen molar-refractivity contribution in [3.8, 4) is 0 Å². The summed E-state index contributed by atoms with van der Waals surface area (Å²) in [6.45, 7) is 13.7. The predicted molar refractivity (Wildman–Crippen MR) is 333 cm³/mol. The number of nitrogens with one attached hydrogen (secondary N) is 1. The van der Waals surface area contributed by atoms with Crippen LogP contribution in [0.2, 0.25) is 0 Å². The van der Waals surface area contributed by atoms with Crippen LogP contribution in [0, 0.1) is 11.9 Å². The third kappa shape index (κ3) is 7.91. The Morgan fingerprint density at radius 3 is 0.791 bits per heavy atom. The topological polar surface area (TPSA) is 173 Å². The quantitative estimate of drug-likeness (QED) is 0.162. The highest BCUT2D eigenvalue weighted by molar-refractivity contribution is 6.19.